The van der Waals surface area contributed by atoms with Gasteiger partial charge in [-0.1, -0.05) is 12.1 Å². The lowest BCUT2D eigenvalue weighted by Gasteiger charge is -2.35. The highest BCUT2D eigenvalue weighted by atomic mass is 19.2. The zero-order valence-electron chi connectivity index (χ0n) is 15.8. The van der Waals surface area contributed by atoms with Gasteiger partial charge >= 0.3 is 6.03 Å². The van der Waals surface area contributed by atoms with E-state index in [4.69, 9.17) is 0 Å². The van der Waals surface area contributed by atoms with E-state index in [1.807, 2.05) is 11.0 Å². The van der Waals surface area contributed by atoms with Gasteiger partial charge in [0.1, 0.15) is 11.6 Å². The third-order valence-corrected chi connectivity index (χ3v) is 4.91. The molecule has 2 aromatic heterocycles. The number of carbonyl (C=O) groups excluding carboxylic acids is 1. The van der Waals surface area contributed by atoms with Crippen LogP contribution in [-0.2, 0) is 7.05 Å². The highest BCUT2D eigenvalue weighted by Gasteiger charge is 2.23. The molecule has 0 bridgehead atoms. The lowest BCUT2D eigenvalue weighted by Crippen LogP contribution is -2.50. The highest BCUT2D eigenvalue weighted by molar-refractivity contribution is 5.88. The van der Waals surface area contributed by atoms with Gasteiger partial charge in [-0.3, -0.25) is 10.00 Å². The van der Waals surface area contributed by atoms with Crippen molar-refractivity contribution >= 4 is 17.7 Å². The first kappa shape index (κ1) is 18.9. The number of piperazine rings is 1. The van der Waals surface area contributed by atoms with Crippen molar-refractivity contribution in [3.05, 3.63) is 60.3 Å². The molecule has 1 N–H and O–H groups in total. The number of rotatable bonds is 3. The molecule has 3 heterocycles. The van der Waals surface area contributed by atoms with Gasteiger partial charge in [0.05, 0.1) is 11.9 Å². The molecule has 0 saturated carbocycles. The van der Waals surface area contributed by atoms with Crippen molar-refractivity contribution in [2.45, 2.75) is 0 Å². The van der Waals surface area contributed by atoms with Gasteiger partial charge in [0.15, 0.2) is 11.6 Å². The van der Waals surface area contributed by atoms with Crippen LogP contribution in [0.1, 0.15) is 0 Å². The Morgan fingerprint density at radius 3 is 2.52 bits per heavy atom. The summed E-state index contributed by atoms with van der Waals surface area (Å²) in [5, 5.41) is 6.86. The molecular formula is C20H20F2N6O. The minimum atomic E-state index is -0.909. The van der Waals surface area contributed by atoms with E-state index in [2.05, 4.69) is 15.4 Å². The number of benzene rings is 1. The molecule has 4 rings (SSSR count). The number of hydrogen-bond acceptors (Lipinski definition) is 4. The number of carbonyl (C=O) groups is 1. The van der Waals surface area contributed by atoms with Gasteiger partial charge in [-0.15, -0.1) is 0 Å². The number of pyridine rings is 1. The van der Waals surface area contributed by atoms with Crippen molar-refractivity contribution in [3.8, 4) is 11.3 Å². The summed E-state index contributed by atoms with van der Waals surface area (Å²) in [6, 6.07) is 10.8. The molecule has 0 aliphatic carbocycles. The van der Waals surface area contributed by atoms with Crippen LogP contribution in [-0.4, -0.2) is 51.9 Å². The summed E-state index contributed by atoms with van der Waals surface area (Å²) in [6.45, 7) is 2.20. The normalized spacial score (nSPS) is 14.2. The number of urea groups is 1. The SMILES string of the molecule is Cn1nccc1NC(=O)N1CCN(c2cccc(-c3cccc(F)c3F)n2)CC1. The predicted molar refractivity (Wildman–Crippen MR) is 106 cm³/mol. The van der Waals surface area contributed by atoms with E-state index >= 15 is 0 Å². The molecular weight excluding hydrogens is 378 g/mol. The van der Waals surface area contributed by atoms with Crippen LogP contribution in [0.4, 0.5) is 25.2 Å². The standard InChI is InChI=1S/C20H20F2N6O/c1-26-17(8-9-23-26)25-20(29)28-12-10-27(11-13-28)18-7-3-6-16(24-18)14-4-2-5-15(21)19(14)22/h2-9H,10-13H2,1H3,(H,25,29). The molecule has 2 amide bonds. The Morgan fingerprint density at radius 1 is 1.03 bits per heavy atom. The van der Waals surface area contributed by atoms with Crippen LogP contribution in [0, 0.1) is 11.6 Å². The molecule has 1 saturated heterocycles. The first-order valence-electron chi connectivity index (χ1n) is 9.23. The summed E-state index contributed by atoms with van der Waals surface area (Å²) < 4.78 is 29.2. The van der Waals surface area contributed by atoms with Crippen LogP contribution in [0.3, 0.4) is 0 Å². The molecule has 150 valence electrons. The number of hydrogen-bond donors (Lipinski definition) is 1. The number of anilines is 2. The van der Waals surface area contributed by atoms with E-state index in [9.17, 15) is 13.6 Å². The summed E-state index contributed by atoms with van der Waals surface area (Å²) in [4.78, 5) is 20.7. The summed E-state index contributed by atoms with van der Waals surface area (Å²) >= 11 is 0. The summed E-state index contributed by atoms with van der Waals surface area (Å²) in [6.07, 6.45) is 1.62. The molecule has 9 heteroatoms. The largest absolute Gasteiger partial charge is 0.353 e. The Hall–Kier alpha value is -3.49. The fourth-order valence-electron chi connectivity index (χ4n) is 3.27. The van der Waals surface area contributed by atoms with Gasteiger partial charge in [0, 0.05) is 44.9 Å². The molecule has 1 aromatic carbocycles. The van der Waals surface area contributed by atoms with Gasteiger partial charge < -0.3 is 9.80 Å². The van der Waals surface area contributed by atoms with Crippen molar-refractivity contribution in [2.24, 2.45) is 7.05 Å². The smallest absolute Gasteiger partial charge is 0.323 e. The first-order chi connectivity index (χ1) is 14.0. The lowest BCUT2D eigenvalue weighted by molar-refractivity contribution is 0.208. The van der Waals surface area contributed by atoms with Crippen LogP contribution in [0.5, 0.6) is 0 Å². The van der Waals surface area contributed by atoms with Crippen LogP contribution in [0.15, 0.2) is 48.7 Å². The average molecular weight is 398 g/mol. The zero-order chi connectivity index (χ0) is 20.4. The summed E-state index contributed by atoms with van der Waals surface area (Å²) in [7, 11) is 1.76. The summed E-state index contributed by atoms with van der Waals surface area (Å²) in [5.41, 5.74) is 0.497. The molecule has 0 unspecified atom stereocenters. The minimum absolute atomic E-state index is 0.126. The Morgan fingerprint density at radius 2 is 1.79 bits per heavy atom. The van der Waals surface area contributed by atoms with Crippen molar-refractivity contribution in [1.29, 1.82) is 0 Å². The lowest BCUT2D eigenvalue weighted by atomic mass is 10.1. The maximum absolute atomic E-state index is 14.1. The van der Waals surface area contributed by atoms with Gasteiger partial charge in [0.2, 0.25) is 0 Å². The Labute approximate surface area is 166 Å². The van der Waals surface area contributed by atoms with E-state index in [-0.39, 0.29) is 11.6 Å². The quantitative estimate of drug-likeness (QED) is 0.736. The van der Waals surface area contributed by atoms with Crippen molar-refractivity contribution in [2.75, 3.05) is 36.4 Å². The molecule has 0 atom stereocenters. The second kappa shape index (κ2) is 7.86. The number of halogens is 2. The Bertz CT molecular complexity index is 1030. The third-order valence-electron chi connectivity index (χ3n) is 4.91. The topological polar surface area (TPSA) is 66.3 Å². The van der Waals surface area contributed by atoms with Crippen LogP contribution < -0.4 is 10.2 Å². The Kier molecular flexibility index (Phi) is 5.11. The predicted octanol–water partition coefficient (Wildman–Crippen LogP) is 3.11. The molecule has 0 radical (unpaired) electrons. The van der Waals surface area contributed by atoms with Crippen LogP contribution in [0.25, 0.3) is 11.3 Å². The molecule has 1 aliphatic heterocycles. The van der Waals surface area contributed by atoms with Crippen molar-refractivity contribution < 1.29 is 13.6 Å². The fraction of sp³-hybridized carbons (Fsp3) is 0.250. The molecule has 1 aliphatic rings. The van der Waals surface area contributed by atoms with E-state index in [0.717, 1.165) is 6.07 Å². The second-order valence-corrected chi connectivity index (χ2v) is 6.73. The van der Waals surface area contributed by atoms with Crippen molar-refractivity contribution in [1.82, 2.24) is 19.7 Å². The minimum Gasteiger partial charge on any atom is -0.353 e. The van der Waals surface area contributed by atoms with Gasteiger partial charge in [-0.2, -0.15) is 5.10 Å². The monoisotopic (exact) mass is 398 g/mol. The van der Waals surface area contributed by atoms with Crippen LogP contribution >= 0.6 is 0 Å². The number of nitrogens with one attached hydrogen (secondary N) is 1. The molecule has 29 heavy (non-hydrogen) atoms. The molecule has 0 spiro atoms. The number of aryl methyl sites for hydroxylation is 1. The zero-order valence-corrected chi connectivity index (χ0v) is 15.8. The maximum Gasteiger partial charge on any atom is 0.323 e. The fourth-order valence-corrected chi connectivity index (χ4v) is 3.27. The molecule has 1 fully saturated rings. The second-order valence-electron chi connectivity index (χ2n) is 6.73. The van der Waals surface area contributed by atoms with E-state index in [1.54, 1.807) is 41.0 Å². The average Bonchev–Trinajstić information content (AvgIpc) is 3.14. The van der Waals surface area contributed by atoms with Crippen molar-refractivity contribution in [3.63, 3.8) is 0 Å². The van der Waals surface area contributed by atoms with E-state index < -0.39 is 11.6 Å². The number of amides is 2. The maximum atomic E-state index is 14.1. The molecule has 3 aromatic rings. The Balaban J connectivity index is 1.43. The molecule has 7 nitrogen and oxygen atoms in total. The third kappa shape index (κ3) is 3.89. The first-order valence-corrected chi connectivity index (χ1v) is 9.23. The number of nitrogens with zero attached hydrogens (tertiary/aromatic N) is 5. The number of aromatic nitrogens is 3. The highest BCUT2D eigenvalue weighted by Crippen LogP contribution is 2.25. The van der Waals surface area contributed by atoms with Gasteiger partial charge in [-0.05, 0) is 24.3 Å². The van der Waals surface area contributed by atoms with E-state index in [1.165, 1.54) is 12.1 Å². The van der Waals surface area contributed by atoms with Gasteiger partial charge in [0.25, 0.3) is 0 Å². The summed E-state index contributed by atoms with van der Waals surface area (Å²) in [5.74, 6) is -0.515. The van der Waals surface area contributed by atoms with Gasteiger partial charge in [-0.25, -0.2) is 18.6 Å². The van der Waals surface area contributed by atoms with Crippen LogP contribution in [0.2, 0.25) is 0 Å². The van der Waals surface area contributed by atoms with E-state index in [0.29, 0.717) is 43.5 Å².